The molecule has 0 atom stereocenters. The molecule has 3 aromatic rings. The van der Waals surface area contributed by atoms with Crippen molar-refractivity contribution < 1.29 is 12.9 Å². The molecule has 8 nitrogen and oxygen atoms in total. The highest BCUT2D eigenvalue weighted by Crippen LogP contribution is 2.23. The minimum absolute atomic E-state index is 0.00237. The van der Waals surface area contributed by atoms with Crippen LogP contribution in [-0.4, -0.2) is 34.6 Å². The van der Waals surface area contributed by atoms with Crippen molar-refractivity contribution in [3.8, 4) is 5.69 Å². The van der Waals surface area contributed by atoms with Crippen LogP contribution in [0, 0.1) is 0 Å². The first-order valence-corrected chi connectivity index (χ1v) is 9.59. The molecule has 9 heteroatoms. The van der Waals surface area contributed by atoms with Crippen LogP contribution < -0.4 is 4.31 Å². The summed E-state index contributed by atoms with van der Waals surface area (Å²) >= 11 is 0. The van der Waals surface area contributed by atoms with Crippen LogP contribution in [0.5, 0.6) is 0 Å². The molecule has 0 saturated carbocycles. The van der Waals surface area contributed by atoms with Gasteiger partial charge in [-0.1, -0.05) is 25.1 Å². The van der Waals surface area contributed by atoms with Gasteiger partial charge in [-0.05, 0) is 24.3 Å². The van der Waals surface area contributed by atoms with Gasteiger partial charge in [-0.25, -0.2) is 13.1 Å². The van der Waals surface area contributed by atoms with Crippen molar-refractivity contribution in [3.63, 3.8) is 0 Å². The van der Waals surface area contributed by atoms with Crippen molar-refractivity contribution in [3.05, 3.63) is 54.4 Å². The molecule has 0 N–H and O–H groups in total. The van der Waals surface area contributed by atoms with Crippen molar-refractivity contribution >= 4 is 15.7 Å². The van der Waals surface area contributed by atoms with Gasteiger partial charge >= 0.3 is 0 Å². The van der Waals surface area contributed by atoms with Gasteiger partial charge in [0.05, 0.1) is 24.2 Å². The quantitative estimate of drug-likeness (QED) is 0.669. The first-order valence-electron chi connectivity index (χ1n) is 7.75. The van der Waals surface area contributed by atoms with Gasteiger partial charge in [0.25, 0.3) is 0 Å². The standard InChI is InChI=1S/C16H19N5O3S/c1-12(2)16-18-15(19-24-16)11-21(25(3,22)23)14-7-4-6-13(10-14)20-9-5-8-17-20/h4-10,12H,11H2,1-3H3. The number of rotatable bonds is 6. The highest BCUT2D eigenvalue weighted by atomic mass is 32.2. The molecular weight excluding hydrogens is 342 g/mol. The average molecular weight is 361 g/mol. The molecule has 0 bridgehead atoms. The van der Waals surface area contributed by atoms with E-state index >= 15 is 0 Å². The van der Waals surface area contributed by atoms with Crippen molar-refractivity contribution in [1.29, 1.82) is 0 Å². The molecule has 0 aliphatic carbocycles. The molecule has 2 aromatic heterocycles. The van der Waals surface area contributed by atoms with Crippen molar-refractivity contribution in [2.75, 3.05) is 10.6 Å². The second kappa shape index (κ2) is 6.67. The zero-order valence-electron chi connectivity index (χ0n) is 14.2. The lowest BCUT2D eigenvalue weighted by Gasteiger charge is -2.21. The van der Waals surface area contributed by atoms with Gasteiger partial charge in [-0.2, -0.15) is 10.1 Å². The van der Waals surface area contributed by atoms with Crippen molar-refractivity contribution in [2.24, 2.45) is 0 Å². The van der Waals surface area contributed by atoms with Crippen LogP contribution in [0.15, 0.2) is 47.2 Å². The Bertz CT molecular complexity index is 948. The number of hydrogen-bond acceptors (Lipinski definition) is 6. The van der Waals surface area contributed by atoms with Gasteiger partial charge in [0.15, 0.2) is 5.82 Å². The normalized spacial score (nSPS) is 11.8. The fourth-order valence-corrected chi connectivity index (χ4v) is 3.15. The topological polar surface area (TPSA) is 94.1 Å². The maximum Gasteiger partial charge on any atom is 0.232 e. The highest BCUT2D eigenvalue weighted by Gasteiger charge is 2.21. The van der Waals surface area contributed by atoms with E-state index in [1.807, 2.05) is 19.9 Å². The lowest BCUT2D eigenvalue weighted by atomic mass is 10.2. The van der Waals surface area contributed by atoms with Crippen LogP contribution in [0.3, 0.4) is 0 Å². The maximum atomic E-state index is 12.3. The third-order valence-corrected chi connectivity index (χ3v) is 4.69. The number of aromatic nitrogens is 4. The molecule has 0 unspecified atom stereocenters. The Balaban J connectivity index is 1.95. The molecule has 0 fully saturated rings. The summed E-state index contributed by atoms with van der Waals surface area (Å²) in [5.41, 5.74) is 1.26. The monoisotopic (exact) mass is 361 g/mol. The Hall–Kier alpha value is -2.68. The lowest BCUT2D eigenvalue weighted by molar-refractivity contribution is 0.361. The van der Waals surface area contributed by atoms with Crippen LogP contribution in [-0.2, 0) is 16.6 Å². The Morgan fingerprint density at radius 2 is 2.08 bits per heavy atom. The number of anilines is 1. The zero-order valence-corrected chi connectivity index (χ0v) is 15.0. The number of sulfonamides is 1. The molecule has 3 rings (SSSR count). The first-order chi connectivity index (χ1) is 11.8. The Kier molecular flexibility index (Phi) is 4.58. The Morgan fingerprint density at radius 1 is 1.28 bits per heavy atom. The summed E-state index contributed by atoms with van der Waals surface area (Å²) in [6, 6.07) is 8.89. The van der Waals surface area contributed by atoms with E-state index in [4.69, 9.17) is 4.52 Å². The molecule has 1 aromatic carbocycles. The number of hydrogen-bond donors (Lipinski definition) is 0. The molecule has 25 heavy (non-hydrogen) atoms. The maximum absolute atomic E-state index is 12.3. The van der Waals surface area contributed by atoms with E-state index in [0.29, 0.717) is 17.4 Å². The molecule has 0 amide bonds. The lowest BCUT2D eigenvalue weighted by Crippen LogP contribution is -2.29. The summed E-state index contributed by atoms with van der Waals surface area (Å²) in [5, 5.41) is 8.04. The molecular formula is C16H19N5O3S. The summed E-state index contributed by atoms with van der Waals surface area (Å²) in [5.74, 6) is 0.878. The second-order valence-corrected chi connectivity index (χ2v) is 7.85. The van der Waals surface area contributed by atoms with Crippen LogP contribution in [0.4, 0.5) is 5.69 Å². The van der Waals surface area contributed by atoms with E-state index in [9.17, 15) is 8.42 Å². The number of benzene rings is 1. The minimum atomic E-state index is -3.53. The summed E-state index contributed by atoms with van der Waals surface area (Å²) in [6.45, 7) is 3.86. The van der Waals surface area contributed by atoms with E-state index in [1.54, 1.807) is 41.3 Å². The van der Waals surface area contributed by atoms with Gasteiger partial charge in [0.2, 0.25) is 15.9 Å². The summed E-state index contributed by atoms with van der Waals surface area (Å²) in [4.78, 5) is 4.26. The number of nitrogens with zero attached hydrogens (tertiary/aromatic N) is 5. The minimum Gasteiger partial charge on any atom is -0.339 e. The Labute approximate surface area is 146 Å². The summed E-state index contributed by atoms with van der Waals surface area (Å²) in [7, 11) is -3.53. The fourth-order valence-electron chi connectivity index (χ4n) is 2.31. The van der Waals surface area contributed by atoms with Crippen LogP contribution in [0.25, 0.3) is 5.69 Å². The molecule has 0 aliphatic heterocycles. The van der Waals surface area contributed by atoms with Crippen molar-refractivity contribution in [1.82, 2.24) is 19.9 Å². The molecule has 0 spiro atoms. The van der Waals surface area contributed by atoms with E-state index in [0.717, 1.165) is 11.9 Å². The zero-order chi connectivity index (χ0) is 18.0. The second-order valence-electron chi connectivity index (χ2n) is 5.94. The van der Waals surface area contributed by atoms with Gasteiger partial charge in [0.1, 0.15) is 0 Å². The predicted molar refractivity (Wildman–Crippen MR) is 93.0 cm³/mol. The van der Waals surface area contributed by atoms with Gasteiger partial charge < -0.3 is 4.52 Å². The van der Waals surface area contributed by atoms with Crippen molar-refractivity contribution in [2.45, 2.75) is 26.3 Å². The molecule has 0 saturated heterocycles. The van der Waals surface area contributed by atoms with Gasteiger partial charge in [0, 0.05) is 18.3 Å². The van der Waals surface area contributed by atoms with E-state index < -0.39 is 10.0 Å². The highest BCUT2D eigenvalue weighted by molar-refractivity contribution is 7.92. The van der Waals surface area contributed by atoms with Gasteiger partial charge in [-0.3, -0.25) is 4.31 Å². The van der Waals surface area contributed by atoms with E-state index in [-0.39, 0.29) is 12.5 Å². The van der Waals surface area contributed by atoms with E-state index in [2.05, 4.69) is 15.2 Å². The smallest absolute Gasteiger partial charge is 0.232 e. The third-order valence-electron chi connectivity index (χ3n) is 3.55. The molecule has 132 valence electrons. The fraction of sp³-hybridized carbons (Fsp3) is 0.312. The van der Waals surface area contributed by atoms with Crippen LogP contribution in [0.2, 0.25) is 0 Å². The molecule has 2 heterocycles. The summed E-state index contributed by atoms with van der Waals surface area (Å²) in [6.07, 6.45) is 4.60. The largest absolute Gasteiger partial charge is 0.339 e. The molecule has 0 radical (unpaired) electrons. The Morgan fingerprint density at radius 3 is 2.68 bits per heavy atom. The van der Waals surface area contributed by atoms with Crippen LogP contribution >= 0.6 is 0 Å². The summed E-state index contributed by atoms with van der Waals surface area (Å²) < 4.78 is 32.7. The average Bonchev–Trinajstić information content (AvgIpc) is 3.23. The predicted octanol–water partition coefficient (Wildman–Crippen LogP) is 2.34. The van der Waals surface area contributed by atoms with E-state index in [1.165, 1.54) is 4.31 Å². The van der Waals surface area contributed by atoms with Gasteiger partial charge in [-0.15, -0.1) is 0 Å². The third kappa shape index (κ3) is 3.87. The van der Waals surface area contributed by atoms with Crippen LogP contribution in [0.1, 0.15) is 31.5 Å². The SMILES string of the molecule is CC(C)c1nc(CN(c2cccc(-n3cccn3)c2)S(C)(=O)=O)no1. The first kappa shape index (κ1) is 17.2. The molecule has 0 aliphatic rings.